The van der Waals surface area contributed by atoms with Gasteiger partial charge in [0.25, 0.3) is 10.0 Å². The number of para-hydroxylation sites is 2. The number of nitrogens with one attached hydrogen (secondary N) is 2. The van der Waals surface area contributed by atoms with Gasteiger partial charge in [-0.25, -0.2) is 22.8 Å². The lowest BCUT2D eigenvalue weighted by molar-refractivity contribution is 0.462. The van der Waals surface area contributed by atoms with Crippen LogP contribution >= 0.6 is 0 Å². The topological polar surface area (TPSA) is 84.0 Å². The van der Waals surface area contributed by atoms with Gasteiger partial charge in [0.1, 0.15) is 5.82 Å². The van der Waals surface area contributed by atoms with Gasteiger partial charge in [0.15, 0.2) is 11.6 Å². The molecule has 0 spiro atoms. The summed E-state index contributed by atoms with van der Waals surface area (Å²) in [4.78, 5) is 9.05. The molecule has 0 aliphatic heterocycles. The zero-order valence-electron chi connectivity index (χ0n) is 15.2. The number of sulfonamides is 1. The van der Waals surface area contributed by atoms with Crippen molar-refractivity contribution in [2.24, 2.45) is 0 Å². The molecule has 1 aliphatic carbocycles. The van der Waals surface area contributed by atoms with Crippen molar-refractivity contribution in [3.05, 3.63) is 54.3 Å². The monoisotopic (exact) mass is 400 g/mol. The highest BCUT2D eigenvalue weighted by Crippen LogP contribution is 2.28. The van der Waals surface area contributed by atoms with E-state index in [2.05, 4.69) is 20.0 Å². The quantitative estimate of drug-likeness (QED) is 0.667. The molecule has 1 fully saturated rings. The second-order valence-electron chi connectivity index (χ2n) is 6.95. The lowest BCUT2D eigenvalue weighted by Crippen LogP contribution is -2.25. The van der Waals surface area contributed by atoms with Gasteiger partial charge in [0.05, 0.1) is 15.9 Å². The van der Waals surface area contributed by atoms with Crippen molar-refractivity contribution < 1.29 is 12.8 Å². The van der Waals surface area contributed by atoms with Crippen molar-refractivity contribution in [1.82, 2.24) is 9.97 Å². The van der Waals surface area contributed by atoms with Crippen molar-refractivity contribution >= 4 is 32.7 Å². The first kappa shape index (κ1) is 18.6. The Balaban J connectivity index is 1.71. The normalized spacial score (nSPS) is 15.5. The van der Waals surface area contributed by atoms with Gasteiger partial charge >= 0.3 is 0 Å². The minimum absolute atomic E-state index is 0.0347. The van der Waals surface area contributed by atoms with E-state index in [-0.39, 0.29) is 16.8 Å². The predicted octanol–water partition coefficient (Wildman–Crippen LogP) is 4.31. The summed E-state index contributed by atoms with van der Waals surface area (Å²) in [6.07, 6.45) is 5.51. The van der Waals surface area contributed by atoms with E-state index in [4.69, 9.17) is 0 Å². The Morgan fingerprint density at radius 2 is 1.46 bits per heavy atom. The van der Waals surface area contributed by atoms with E-state index in [0.29, 0.717) is 16.9 Å². The molecule has 3 aromatic rings. The molecule has 1 aliphatic rings. The Bertz CT molecular complexity index is 1080. The van der Waals surface area contributed by atoms with Crippen molar-refractivity contribution in [3.8, 4) is 0 Å². The van der Waals surface area contributed by atoms with Crippen LogP contribution in [-0.4, -0.2) is 24.4 Å². The smallest absolute Gasteiger partial charge is 0.263 e. The van der Waals surface area contributed by atoms with Crippen LogP contribution in [-0.2, 0) is 10.0 Å². The second-order valence-corrected chi connectivity index (χ2v) is 8.63. The van der Waals surface area contributed by atoms with Crippen molar-refractivity contribution in [3.63, 3.8) is 0 Å². The summed E-state index contributed by atoms with van der Waals surface area (Å²) >= 11 is 0. The van der Waals surface area contributed by atoms with E-state index in [1.165, 1.54) is 18.6 Å². The fourth-order valence-electron chi connectivity index (χ4n) is 3.41. The number of nitrogens with zero attached hydrogens (tertiary/aromatic N) is 2. The number of aromatic nitrogens is 2. The fourth-order valence-corrected chi connectivity index (χ4v) is 4.42. The maximum atomic E-state index is 13.2. The molecule has 0 atom stereocenters. The SMILES string of the molecule is O=S(=O)(Nc1nc2ccccc2nc1NC1CCCCC1)c1ccc(F)cc1. The lowest BCUT2D eigenvalue weighted by Gasteiger charge is -2.24. The number of benzene rings is 2. The molecule has 0 radical (unpaired) electrons. The van der Waals surface area contributed by atoms with Crippen LogP contribution in [0.15, 0.2) is 53.4 Å². The zero-order chi connectivity index (χ0) is 19.6. The highest BCUT2D eigenvalue weighted by molar-refractivity contribution is 7.92. The number of hydrogen-bond donors (Lipinski definition) is 2. The minimum atomic E-state index is -3.92. The first-order valence-electron chi connectivity index (χ1n) is 9.33. The molecule has 0 amide bonds. The third kappa shape index (κ3) is 4.06. The van der Waals surface area contributed by atoms with Crippen LogP contribution in [0.5, 0.6) is 0 Å². The van der Waals surface area contributed by atoms with Gasteiger partial charge in [-0.2, -0.15) is 0 Å². The van der Waals surface area contributed by atoms with Crippen LogP contribution in [0, 0.1) is 5.82 Å². The van der Waals surface area contributed by atoms with Crippen LogP contribution in [0.1, 0.15) is 32.1 Å². The summed E-state index contributed by atoms with van der Waals surface area (Å²) in [6.45, 7) is 0. The van der Waals surface area contributed by atoms with Crippen LogP contribution in [0.4, 0.5) is 16.0 Å². The molecule has 8 heteroatoms. The first-order valence-corrected chi connectivity index (χ1v) is 10.8. The van der Waals surface area contributed by atoms with Gasteiger partial charge in [0, 0.05) is 6.04 Å². The maximum absolute atomic E-state index is 13.2. The Hall–Kier alpha value is -2.74. The number of rotatable bonds is 5. The Morgan fingerprint density at radius 1 is 0.857 bits per heavy atom. The summed E-state index contributed by atoms with van der Waals surface area (Å²) in [7, 11) is -3.92. The molecule has 2 N–H and O–H groups in total. The maximum Gasteiger partial charge on any atom is 0.263 e. The summed E-state index contributed by atoms with van der Waals surface area (Å²) in [5.74, 6) is 0.0639. The second kappa shape index (κ2) is 7.71. The molecular weight excluding hydrogens is 379 g/mol. The molecule has 1 aromatic heterocycles. The molecule has 0 bridgehead atoms. The van der Waals surface area contributed by atoms with Crippen molar-refractivity contribution in [1.29, 1.82) is 0 Å². The van der Waals surface area contributed by atoms with Gasteiger partial charge in [-0.05, 0) is 49.2 Å². The average Bonchev–Trinajstić information content (AvgIpc) is 2.69. The largest absolute Gasteiger partial charge is 0.364 e. The molecule has 0 unspecified atom stereocenters. The van der Waals surface area contributed by atoms with E-state index < -0.39 is 15.8 Å². The molecule has 146 valence electrons. The summed E-state index contributed by atoms with van der Waals surface area (Å²) in [6, 6.07) is 12.2. The molecule has 28 heavy (non-hydrogen) atoms. The van der Waals surface area contributed by atoms with Crippen LogP contribution in [0.25, 0.3) is 11.0 Å². The lowest BCUT2D eigenvalue weighted by atomic mass is 9.95. The van der Waals surface area contributed by atoms with Gasteiger partial charge < -0.3 is 5.32 Å². The van der Waals surface area contributed by atoms with Gasteiger partial charge in [-0.3, -0.25) is 4.72 Å². The standard InChI is InChI=1S/C20H21FN4O2S/c21-14-10-12-16(13-11-14)28(26,27)25-20-19(22-15-6-2-1-3-7-15)23-17-8-4-5-9-18(17)24-20/h4-5,8-13,15H,1-3,6-7H2,(H,22,23)(H,24,25). The number of fused-ring (bicyclic) bond motifs is 1. The fraction of sp³-hybridized carbons (Fsp3) is 0.300. The summed E-state index contributed by atoms with van der Waals surface area (Å²) in [5.41, 5.74) is 1.28. The van der Waals surface area contributed by atoms with Gasteiger partial charge in [0.2, 0.25) is 0 Å². The molecule has 2 aromatic carbocycles. The molecule has 6 nitrogen and oxygen atoms in total. The summed E-state index contributed by atoms with van der Waals surface area (Å²) < 4.78 is 41.2. The molecule has 0 saturated heterocycles. The first-order chi connectivity index (χ1) is 13.5. The Morgan fingerprint density at radius 3 is 2.11 bits per heavy atom. The molecular formula is C20H21FN4O2S. The predicted molar refractivity (Wildman–Crippen MR) is 107 cm³/mol. The number of anilines is 2. The number of halogens is 1. The summed E-state index contributed by atoms with van der Waals surface area (Å²) in [5, 5.41) is 3.36. The van der Waals surface area contributed by atoms with Crippen LogP contribution in [0.2, 0.25) is 0 Å². The van der Waals surface area contributed by atoms with Crippen LogP contribution in [0.3, 0.4) is 0 Å². The van der Waals surface area contributed by atoms with E-state index >= 15 is 0 Å². The van der Waals surface area contributed by atoms with Gasteiger partial charge in [-0.15, -0.1) is 0 Å². The van der Waals surface area contributed by atoms with Gasteiger partial charge in [-0.1, -0.05) is 31.4 Å². The molecule has 1 saturated carbocycles. The Kier molecular flexibility index (Phi) is 5.13. The zero-order valence-corrected chi connectivity index (χ0v) is 16.0. The third-order valence-corrected chi connectivity index (χ3v) is 6.23. The minimum Gasteiger partial charge on any atom is -0.364 e. The van der Waals surface area contributed by atoms with E-state index in [9.17, 15) is 12.8 Å². The third-order valence-electron chi connectivity index (χ3n) is 4.87. The van der Waals surface area contributed by atoms with Crippen LogP contribution < -0.4 is 10.0 Å². The highest BCUT2D eigenvalue weighted by atomic mass is 32.2. The molecule has 1 heterocycles. The van der Waals surface area contributed by atoms with E-state index in [1.54, 1.807) is 6.07 Å². The van der Waals surface area contributed by atoms with Crippen molar-refractivity contribution in [2.45, 2.75) is 43.0 Å². The van der Waals surface area contributed by atoms with Crippen molar-refractivity contribution in [2.75, 3.05) is 10.0 Å². The van der Waals surface area contributed by atoms with E-state index in [1.807, 2.05) is 18.2 Å². The van der Waals surface area contributed by atoms with E-state index in [0.717, 1.165) is 37.8 Å². The Labute approximate surface area is 163 Å². The highest BCUT2D eigenvalue weighted by Gasteiger charge is 2.21. The number of hydrogen-bond acceptors (Lipinski definition) is 5. The molecule has 4 rings (SSSR count). The average molecular weight is 400 g/mol.